The van der Waals surface area contributed by atoms with Crippen molar-refractivity contribution in [2.24, 2.45) is 5.92 Å². The second kappa shape index (κ2) is 30.0. The van der Waals surface area contributed by atoms with Crippen molar-refractivity contribution in [1.82, 2.24) is 0 Å². The van der Waals surface area contributed by atoms with Crippen molar-refractivity contribution in [1.29, 1.82) is 0 Å². The van der Waals surface area contributed by atoms with Crippen molar-refractivity contribution >= 4 is 5.69 Å². The predicted molar refractivity (Wildman–Crippen MR) is 189 cm³/mol. The summed E-state index contributed by atoms with van der Waals surface area (Å²) in [6.07, 6.45) is 11.8. The van der Waals surface area contributed by atoms with Crippen LogP contribution in [0.5, 0.6) is 0 Å². The van der Waals surface area contributed by atoms with Gasteiger partial charge in [0.1, 0.15) is 0 Å². The smallest absolute Gasteiger partial charge is 0.0384 e. The van der Waals surface area contributed by atoms with Gasteiger partial charge in [0.2, 0.25) is 0 Å². The second-order valence-electron chi connectivity index (χ2n) is 10.9. The first-order valence-electron chi connectivity index (χ1n) is 16.8. The fourth-order valence-electron chi connectivity index (χ4n) is 3.49. The van der Waals surface area contributed by atoms with E-state index in [9.17, 15) is 0 Å². The van der Waals surface area contributed by atoms with Gasteiger partial charge in [0.05, 0.1) is 0 Å². The van der Waals surface area contributed by atoms with E-state index in [0.29, 0.717) is 17.8 Å². The van der Waals surface area contributed by atoms with Gasteiger partial charge in [0.15, 0.2) is 0 Å². The third-order valence-electron chi connectivity index (χ3n) is 6.45. The zero-order valence-corrected chi connectivity index (χ0v) is 29.4. The van der Waals surface area contributed by atoms with Crippen LogP contribution in [-0.2, 0) is 0 Å². The van der Waals surface area contributed by atoms with Crippen LogP contribution in [0.2, 0.25) is 0 Å². The number of allylic oxidation sites excluding steroid dienone is 1. The number of unbranched alkanes of at least 4 members (excludes halogenated alkanes) is 3. The van der Waals surface area contributed by atoms with Crippen LogP contribution in [0.15, 0.2) is 60.8 Å². The Bertz CT molecular complexity index is 782. The lowest BCUT2D eigenvalue weighted by molar-refractivity contribution is 0.733. The molecule has 1 nitrogen and oxygen atoms in total. The molecule has 0 aliphatic heterocycles. The number of nitrogens with one attached hydrogen (secondary N) is 1. The molecule has 1 saturated carbocycles. The van der Waals surface area contributed by atoms with Crippen LogP contribution in [0, 0.1) is 12.8 Å². The summed E-state index contributed by atoms with van der Waals surface area (Å²) in [5.74, 6) is 2.02. The normalized spacial score (nSPS) is 11.8. The number of hydrogen-bond donors (Lipinski definition) is 1. The average Bonchev–Trinajstić information content (AvgIpc) is 3.82. The lowest BCUT2D eigenvalue weighted by Crippen LogP contribution is -2.01. The molecule has 0 bridgehead atoms. The van der Waals surface area contributed by atoms with E-state index in [2.05, 4.69) is 137 Å². The van der Waals surface area contributed by atoms with E-state index in [1.54, 1.807) is 0 Å². The van der Waals surface area contributed by atoms with E-state index in [-0.39, 0.29) is 0 Å². The van der Waals surface area contributed by atoms with Crippen molar-refractivity contribution in [2.45, 2.75) is 160 Å². The van der Waals surface area contributed by atoms with Crippen molar-refractivity contribution in [3.05, 3.63) is 77.5 Å². The van der Waals surface area contributed by atoms with E-state index in [4.69, 9.17) is 0 Å². The van der Waals surface area contributed by atoms with Crippen LogP contribution in [0.3, 0.4) is 0 Å². The van der Waals surface area contributed by atoms with Crippen molar-refractivity contribution in [3.63, 3.8) is 0 Å². The monoisotopic (exact) mass is 554 g/mol. The summed E-state index contributed by atoms with van der Waals surface area (Å²) >= 11 is 0. The third kappa shape index (κ3) is 23.8. The Labute approximate surface area is 253 Å². The molecule has 1 N–H and O–H groups in total. The zero-order chi connectivity index (χ0) is 31.3. The highest BCUT2D eigenvalue weighted by atomic mass is 14.9. The number of hydrogen-bond acceptors (Lipinski definition) is 1. The molecule has 0 radical (unpaired) electrons. The highest BCUT2D eigenvalue weighted by molar-refractivity contribution is 5.53. The van der Waals surface area contributed by atoms with Crippen molar-refractivity contribution in [2.75, 3.05) is 5.32 Å². The lowest BCUT2D eigenvalue weighted by Gasteiger charge is -2.13. The summed E-state index contributed by atoms with van der Waals surface area (Å²) in [5.41, 5.74) is 6.60. The molecule has 0 heterocycles. The predicted octanol–water partition coefficient (Wildman–Crippen LogP) is 14.1. The molecule has 1 aliphatic rings. The van der Waals surface area contributed by atoms with Crippen LogP contribution in [0.25, 0.3) is 0 Å². The van der Waals surface area contributed by atoms with Crippen molar-refractivity contribution in [3.8, 4) is 0 Å². The van der Waals surface area contributed by atoms with Gasteiger partial charge in [-0.25, -0.2) is 0 Å². The Morgan fingerprint density at radius 3 is 1.62 bits per heavy atom. The van der Waals surface area contributed by atoms with Crippen LogP contribution in [0.4, 0.5) is 5.69 Å². The fraction of sp³-hybridized carbons (Fsp3) is 0.641. The van der Waals surface area contributed by atoms with Gasteiger partial charge in [-0.2, -0.15) is 0 Å². The Morgan fingerprint density at radius 1 is 0.800 bits per heavy atom. The molecule has 0 saturated heterocycles. The lowest BCUT2D eigenvalue weighted by atomic mass is 9.97. The third-order valence-corrected chi connectivity index (χ3v) is 6.45. The standard InChI is InChI=1S/C15H21N.C10H14.C5H12.C4H10.C3H8.C2H6/c1-10(2)15-8-7-14(9-11(15)3)16-12(4)13-5-6-13;1-3-9(2)10-7-5-4-6-8-10;1-3-5-4-2;1-3-4-2;1-3-2;1-2/h7-10,13,16H,4-6H2,1-3H3;4-9H,3H2,1-2H3;3-5H2,1-2H3;3-4H2,1-2H3;3H2,1-2H3;1-2H3. The van der Waals surface area contributed by atoms with Crippen LogP contribution in [-0.4, -0.2) is 0 Å². The number of anilines is 1. The maximum atomic E-state index is 4.09. The molecule has 1 atom stereocenters. The Morgan fingerprint density at radius 2 is 1.30 bits per heavy atom. The first kappa shape index (κ1) is 42.4. The first-order valence-corrected chi connectivity index (χ1v) is 16.8. The maximum absolute atomic E-state index is 4.09. The van der Waals surface area contributed by atoms with E-state index in [1.807, 2.05) is 13.8 Å². The summed E-state index contributed by atoms with van der Waals surface area (Å²) in [7, 11) is 0. The Balaban J connectivity index is -0.000000488. The van der Waals surface area contributed by atoms with Gasteiger partial charge in [-0.3, -0.25) is 0 Å². The van der Waals surface area contributed by atoms with E-state index in [1.165, 1.54) is 85.9 Å². The quantitative estimate of drug-likeness (QED) is 0.325. The first-order chi connectivity index (χ1) is 19.2. The molecular formula is C39H71N. The van der Waals surface area contributed by atoms with Gasteiger partial charge in [0.25, 0.3) is 0 Å². The maximum Gasteiger partial charge on any atom is 0.0384 e. The Hall–Kier alpha value is -2.02. The van der Waals surface area contributed by atoms with Gasteiger partial charge in [-0.15, -0.1) is 0 Å². The van der Waals surface area contributed by atoms with Crippen LogP contribution < -0.4 is 5.32 Å². The van der Waals surface area contributed by atoms with E-state index >= 15 is 0 Å². The minimum absolute atomic E-state index is 0.598. The zero-order valence-electron chi connectivity index (χ0n) is 29.4. The molecule has 3 rings (SSSR count). The van der Waals surface area contributed by atoms with Gasteiger partial charge in [0, 0.05) is 11.4 Å². The molecule has 1 heteroatoms. The Kier molecular flexibility index (Phi) is 31.8. The fourth-order valence-corrected chi connectivity index (χ4v) is 3.49. The van der Waals surface area contributed by atoms with Gasteiger partial charge < -0.3 is 5.32 Å². The number of aryl methyl sites for hydroxylation is 1. The minimum atomic E-state index is 0.598. The molecule has 1 fully saturated rings. The minimum Gasteiger partial charge on any atom is -0.359 e. The van der Waals surface area contributed by atoms with Crippen LogP contribution in [0.1, 0.15) is 169 Å². The summed E-state index contributed by atoms with van der Waals surface area (Å²) < 4.78 is 0. The number of rotatable bonds is 9. The topological polar surface area (TPSA) is 12.0 Å². The molecule has 0 amide bonds. The molecular weight excluding hydrogens is 482 g/mol. The van der Waals surface area contributed by atoms with Crippen molar-refractivity contribution < 1.29 is 0 Å². The SMILES string of the molecule is C=C(Nc1ccc(C(C)C)c(C)c1)C1CC1.CC.CCC.CCC(C)c1ccccc1.CCCC.CCCCC. The molecule has 1 aliphatic carbocycles. The summed E-state index contributed by atoms with van der Waals surface area (Å²) in [6.45, 7) is 32.3. The second-order valence-corrected chi connectivity index (χ2v) is 10.9. The van der Waals surface area contributed by atoms with Gasteiger partial charge in [-0.1, -0.05) is 165 Å². The van der Waals surface area contributed by atoms with Gasteiger partial charge in [-0.05, 0) is 72.8 Å². The molecule has 2 aromatic carbocycles. The summed E-state index contributed by atoms with van der Waals surface area (Å²) in [6, 6.07) is 17.2. The number of benzene rings is 2. The molecule has 232 valence electrons. The summed E-state index contributed by atoms with van der Waals surface area (Å²) in [4.78, 5) is 0. The highest BCUT2D eigenvalue weighted by Gasteiger charge is 2.24. The molecule has 1 unspecified atom stereocenters. The molecule has 40 heavy (non-hydrogen) atoms. The highest BCUT2D eigenvalue weighted by Crippen LogP contribution is 2.36. The molecule has 0 spiro atoms. The molecule has 2 aromatic rings. The molecule has 0 aromatic heterocycles. The van der Waals surface area contributed by atoms with E-state index < -0.39 is 0 Å². The summed E-state index contributed by atoms with van der Waals surface area (Å²) in [5, 5.41) is 3.42. The largest absolute Gasteiger partial charge is 0.359 e. The van der Waals surface area contributed by atoms with Crippen LogP contribution >= 0.6 is 0 Å². The van der Waals surface area contributed by atoms with E-state index in [0.717, 1.165) is 0 Å². The average molecular weight is 554 g/mol. The van der Waals surface area contributed by atoms with Gasteiger partial charge >= 0.3 is 0 Å².